The molecule has 1 fully saturated rings. The molecule has 0 radical (unpaired) electrons. The number of nitrogens with zero attached hydrogens (tertiary/aromatic N) is 2. The largest absolute Gasteiger partial charge is 0.481 e. The van der Waals surface area contributed by atoms with Crippen LogP contribution in [0.1, 0.15) is 37.3 Å². The van der Waals surface area contributed by atoms with Crippen LogP contribution in [0.4, 0.5) is 9.93 Å². The number of carbonyl (C=O) groups excluding carboxylic acids is 1. The normalized spacial score (nSPS) is 22.1. The fraction of sp³-hybridized carbons (Fsp3) is 0.643. The number of hydrogen-bond acceptors (Lipinski definition) is 4. The van der Waals surface area contributed by atoms with Gasteiger partial charge in [0.05, 0.1) is 11.1 Å². The average Bonchev–Trinajstić information content (AvgIpc) is 2.78. The first-order valence-electron chi connectivity index (χ1n) is 7.11. The van der Waals surface area contributed by atoms with Crippen LogP contribution in [0.2, 0.25) is 0 Å². The molecular weight excluding hydrogens is 290 g/mol. The van der Waals surface area contributed by atoms with E-state index in [0.717, 1.165) is 17.0 Å². The van der Waals surface area contributed by atoms with E-state index in [4.69, 9.17) is 0 Å². The summed E-state index contributed by atoms with van der Waals surface area (Å²) in [5.41, 5.74) is 0.132. The Hall–Kier alpha value is -1.63. The Labute approximate surface area is 128 Å². The molecule has 0 aromatic carbocycles. The Kier molecular flexibility index (Phi) is 4.51. The van der Waals surface area contributed by atoms with Crippen LogP contribution in [0.5, 0.6) is 0 Å². The highest BCUT2D eigenvalue weighted by molar-refractivity contribution is 7.15. The van der Waals surface area contributed by atoms with Gasteiger partial charge < -0.3 is 10.0 Å². The third-order valence-electron chi connectivity index (χ3n) is 3.94. The highest BCUT2D eigenvalue weighted by Gasteiger charge is 2.39. The van der Waals surface area contributed by atoms with Gasteiger partial charge in [-0.05, 0) is 33.1 Å². The number of aliphatic carboxylic acids is 1. The fourth-order valence-corrected chi connectivity index (χ4v) is 3.46. The number of hydrogen-bond donors (Lipinski definition) is 2. The molecule has 1 atom stereocenters. The number of aromatic nitrogens is 1. The second-order valence-electron chi connectivity index (χ2n) is 5.70. The van der Waals surface area contributed by atoms with Crippen molar-refractivity contribution >= 4 is 28.5 Å². The maximum atomic E-state index is 12.3. The van der Waals surface area contributed by atoms with Gasteiger partial charge >= 0.3 is 12.0 Å². The van der Waals surface area contributed by atoms with E-state index in [9.17, 15) is 14.7 Å². The Morgan fingerprint density at radius 1 is 1.52 bits per heavy atom. The zero-order chi connectivity index (χ0) is 15.6. The number of carbonyl (C=O) groups is 2. The summed E-state index contributed by atoms with van der Waals surface area (Å²) in [5, 5.41) is 12.7. The summed E-state index contributed by atoms with van der Waals surface area (Å²) in [7, 11) is 0. The van der Waals surface area contributed by atoms with Gasteiger partial charge in [-0.3, -0.25) is 10.1 Å². The number of anilines is 1. The van der Waals surface area contributed by atoms with Crippen molar-refractivity contribution in [1.29, 1.82) is 0 Å². The van der Waals surface area contributed by atoms with Crippen molar-refractivity contribution in [3.8, 4) is 0 Å². The molecule has 1 aromatic rings. The minimum atomic E-state index is -0.858. The van der Waals surface area contributed by atoms with Crippen LogP contribution >= 0.6 is 11.3 Å². The second kappa shape index (κ2) is 6.01. The molecule has 0 saturated carbocycles. The van der Waals surface area contributed by atoms with Crippen molar-refractivity contribution in [2.45, 2.75) is 40.0 Å². The quantitative estimate of drug-likeness (QED) is 0.899. The summed E-state index contributed by atoms with van der Waals surface area (Å²) in [4.78, 5) is 30.6. The summed E-state index contributed by atoms with van der Waals surface area (Å²) in [6, 6.07) is -0.265. The molecule has 2 amide bonds. The van der Waals surface area contributed by atoms with Gasteiger partial charge in [-0.2, -0.15) is 0 Å². The Balaban J connectivity index is 2.04. The van der Waals surface area contributed by atoms with Crippen molar-refractivity contribution < 1.29 is 14.7 Å². The third kappa shape index (κ3) is 3.34. The zero-order valence-corrected chi connectivity index (χ0v) is 13.4. The molecule has 1 aliphatic rings. The standard InChI is InChI=1S/C14H21N3O3S/c1-4-10-9(2)21-12(15-10)16-13(20)17-7-5-6-14(3,8-17)11(18)19/h4-8H2,1-3H3,(H,18,19)(H,15,16,20). The van der Waals surface area contributed by atoms with Gasteiger partial charge in [0.2, 0.25) is 0 Å². The van der Waals surface area contributed by atoms with Crippen molar-refractivity contribution in [3.05, 3.63) is 10.6 Å². The lowest BCUT2D eigenvalue weighted by atomic mass is 9.82. The molecule has 6 nitrogen and oxygen atoms in total. The molecule has 0 spiro atoms. The molecule has 2 N–H and O–H groups in total. The minimum absolute atomic E-state index is 0.235. The van der Waals surface area contributed by atoms with Crippen molar-refractivity contribution in [1.82, 2.24) is 9.88 Å². The van der Waals surface area contributed by atoms with E-state index in [1.165, 1.54) is 11.3 Å². The molecule has 1 aromatic heterocycles. The Morgan fingerprint density at radius 2 is 2.24 bits per heavy atom. The first-order chi connectivity index (χ1) is 9.85. The van der Waals surface area contributed by atoms with Crippen LogP contribution in [-0.4, -0.2) is 40.1 Å². The van der Waals surface area contributed by atoms with E-state index >= 15 is 0 Å². The van der Waals surface area contributed by atoms with E-state index in [1.54, 1.807) is 11.8 Å². The molecule has 116 valence electrons. The average molecular weight is 311 g/mol. The van der Waals surface area contributed by atoms with Gasteiger partial charge in [-0.25, -0.2) is 9.78 Å². The van der Waals surface area contributed by atoms with Gasteiger partial charge in [-0.15, -0.1) is 11.3 Å². The molecule has 0 bridgehead atoms. The molecule has 0 aliphatic carbocycles. The number of thiazole rings is 1. The van der Waals surface area contributed by atoms with E-state index in [0.29, 0.717) is 24.5 Å². The topological polar surface area (TPSA) is 82.5 Å². The van der Waals surface area contributed by atoms with Crippen LogP contribution in [0, 0.1) is 12.3 Å². The lowest BCUT2D eigenvalue weighted by Crippen LogP contribution is -2.49. The van der Waals surface area contributed by atoms with Crippen molar-refractivity contribution in [2.24, 2.45) is 5.41 Å². The van der Waals surface area contributed by atoms with Gasteiger partial charge in [-0.1, -0.05) is 6.92 Å². The highest BCUT2D eigenvalue weighted by Crippen LogP contribution is 2.30. The summed E-state index contributed by atoms with van der Waals surface area (Å²) in [6.07, 6.45) is 2.13. The lowest BCUT2D eigenvalue weighted by molar-refractivity contribution is -0.150. The van der Waals surface area contributed by atoms with Crippen molar-refractivity contribution in [3.63, 3.8) is 0 Å². The zero-order valence-electron chi connectivity index (χ0n) is 12.6. The minimum Gasteiger partial charge on any atom is -0.481 e. The maximum Gasteiger partial charge on any atom is 0.323 e. The molecule has 1 saturated heterocycles. The van der Waals surface area contributed by atoms with Crippen molar-refractivity contribution in [2.75, 3.05) is 18.4 Å². The van der Waals surface area contributed by atoms with Crippen LogP contribution in [0.3, 0.4) is 0 Å². The molecule has 1 aliphatic heterocycles. The number of likely N-dealkylation sites (tertiary alicyclic amines) is 1. The number of piperidine rings is 1. The number of urea groups is 1. The number of amides is 2. The third-order valence-corrected chi connectivity index (χ3v) is 4.87. The summed E-state index contributed by atoms with van der Waals surface area (Å²) in [5.74, 6) is -0.849. The SMILES string of the molecule is CCc1nc(NC(=O)N2CCCC(C)(C(=O)O)C2)sc1C. The molecule has 21 heavy (non-hydrogen) atoms. The monoisotopic (exact) mass is 311 g/mol. The highest BCUT2D eigenvalue weighted by atomic mass is 32.1. The van der Waals surface area contributed by atoms with Crippen LogP contribution in [-0.2, 0) is 11.2 Å². The Bertz CT molecular complexity index is 558. The number of carboxylic acid groups (broad SMARTS) is 1. The number of rotatable bonds is 3. The van der Waals surface area contributed by atoms with Gasteiger partial charge in [0.1, 0.15) is 0 Å². The molecule has 2 rings (SSSR count). The van der Waals surface area contributed by atoms with Crippen LogP contribution in [0.25, 0.3) is 0 Å². The Morgan fingerprint density at radius 3 is 2.81 bits per heavy atom. The van der Waals surface area contributed by atoms with E-state index in [2.05, 4.69) is 10.3 Å². The van der Waals surface area contributed by atoms with E-state index < -0.39 is 11.4 Å². The molecule has 2 heterocycles. The lowest BCUT2D eigenvalue weighted by Gasteiger charge is -2.37. The first-order valence-corrected chi connectivity index (χ1v) is 7.93. The second-order valence-corrected chi connectivity index (χ2v) is 6.90. The van der Waals surface area contributed by atoms with Gasteiger partial charge in [0.15, 0.2) is 5.13 Å². The van der Waals surface area contributed by atoms with Crippen LogP contribution < -0.4 is 5.32 Å². The summed E-state index contributed by atoms with van der Waals surface area (Å²) < 4.78 is 0. The number of carboxylic acids is 1. The predicted octanol–water partition coefficient (Wildman–Crippen LogP) is 2.73. The molecule has 7 heteroatoms. The van der Waals surface area contributed by atoms with Gasteiger partial charge in [0, 0.05) is 18.0 Å². The molecular formula is C14H21N3O3S. The summed E-state index contributed by atoms with van der Waals surface area (Å²) in [6.45, 7) is 6.52. The fourth-order valence-electron chi connectivity index (χ4n) is 2.57. The summed E-state index contributed by atoms with van der Waals surface area (Å²) >= 11 is 1.45. The van der Waals surface area contributed by atoms with E-state index in [-0.39, 0.29) is 12.6 Å². The number of nitrogens with one attached hydrogen (secondary N) is 1. The van der Waals surface area contributed by atoms with E-state index in [1.807, 2.05) is 13.8 Å². The number of aryl methyl sites for hydroxylation is 2. The first kappa shape index (κ1) is 15.8. The smallest absolute Gasteiger partial charge is 0.323 e. The van der Waals surface area contributed by atoms with Gasteiger partial charge in [0.25, 0.3) is 0 Å². The van der Waals surface area contributed by atoms with Crippen LogP contribution in [0.15, 0.2) is 0 Å². The molecule has 1 unspecified atom stereocenters. The maximum absolute atomic E-state index is 12.3. The predicted molar refractivity (Wildman–Crippen MR) is 81.8 cm³/mol.